The molecule has 0 unspecified atom stereocenters. The molecule has 0 bridgehead atoms. The van der Waals surface area contributed by atoms with Crippen LogP contribution in [0.4, 0.5) is 0 Å². The molecule has 0 radical (unpaired) electrons. The Hall–Kier alpha value is -2.86. The fraction of sp³-hybridized carbons (Fsp3) is 0.222. The van der Waals surface area contributed by atoms with Gasteiger partial charge in [-0.15, -0.1) is 0 Å². The van der Waals surface area contributed by atoms with E-state index in [1.807, 2.05) is 37.3 Å². The maximum Gasteiger partial charge on any atom is 0.274 e. The Labute approximate surface area is 139 Å². The first-order chi connectivity index (χ1) is 11.6. The van der Waals surface area contributed by atoms with E-state index in [1.165, 1.54) is 0 Å². The van der Waals surface area contributed by atoms with E-state index in [0.29, 0.717) is 18.8 Å². The molecule has 0 saturated heterocycles. The summed E-state index contributed by atoms with van der Waals surface area (Å²) in [6.45, 7) is 2.69. The first-order valence-electron chi connectivity index (χ1n) is 7.57. The summed E-state index contributed by atoms with van der Waals surface area (Å²) < 4.78 is 6.24. The van der Waals surface area contributed by atoms with Crippen molar-refractivity contribution in [2.75, 3.05) is 6.54 Å². The van der Waals surface area contributed by atoms with Gasteiger partial charge in [-0.1, -0.05) is 36.4 Å². The van der Waals surface area contributed by atoms with Crippen molar-refractivity contribution >= 4 is 12.3 Å². The predicted octanol–water partition coefficient (Wildman–Crippen LogP) is 2.07. The average molecular weight is 326 g/mol. The summed E-state index contributed by atoms with van der Waals surface area (Å²) in [6, 6.07) is 14.5. The third-order valence-corrected chi connectivity index (χ3v) is 4.18. The van der Waals surface area contributed by atoms with Crippen LogP contribution >= 0.6 is 0 Å². The van der Waals surface area contributed by atoms with E-state index >= 15 is 0 Å². The van der Waals surface area contributed by atoms with Crippen LogP contribution in [0.1, 0.15) is 28.4 Å². The number of hydroxylamine groups is 1. The van der Waals surface area contributed by atoms with E-state index in [-0.39, 0.29) is 5.56 Å². The predicted molar refractivity (Wildman–Crippen MR) is 86.6 cm³/mol. The Morgan fingerprint density at radius 1 is 1.29 bits per heavy atom. The van der Waals surface area contributed by atoms with E-state index in [0.717, 1.165) is 17.5 Å². The number of nitrogens with zero attached hydrogens (tertiary/aromatic N) is 1. The standard InChI is InChI=1S/C18H18N2O4/c1-18(15-5-3-2-4-6-15)11-20(12-21)10-14-8-7-13(17(22)19-23)9-16(14)24-18/h2-9,12,23H,10-11H2,1H3,(H,19,22)/t18-/m0/s1. The molecule has 2 N–H and O–H groups in total. The lowest BCUT2D eigenvalue weighted by Crippen LogP contribution is -2.40. The highest BCUT2D eigenvalue weighted by atomic mass is 16.5. The summed E-state index contributed by atoms with van der Waals surface area (Å²) in [7, 11) is 0. The summed E-state index contributed by atoms with van der Waals surface area (Å²) in [4.78, 5) is 24.7. The molecule has 1 heterocycles. The highest BCUT2D eigenvalue weighted by Gasteiger charge is 2.35. The molecule has 6 nitrogen and oxygen atoms in total. The van der Waals surface area contributed by atoms with E-state index in [4.69, 9.17) is 9.94 Å². The Morgan fingerprint density at radius 3 is 2.71 bits per heavy atom. The van der Waals surface area contributed by atoms with Gasteiger partial charge >= 0.3 is 0 Å². The molecule has 24 heavy (non-hydrogen) atoms. The van der Waals surface area contributed by atoms with Crippen molar-refractivity contribution in [2.45, 2.75) is 19.1 Å². The molecule has 6 heteroatoms. The van der Waals surface area contributed by atoms with E-state index in [2.05, 4.69) is 0 Å². The summed E-state index contributed by atoms with van der Waals surface area (Å²) in [5.74, 6) is -0.0916. The zero-order chi connectivity index (χ0) is 17.2. The molecule has 0 aliphatic carbocycles. The lowest BCUT2D eigenvalue weighted by atomic mass is 9.95. The third kappa shape index (κ3) is 2.96. The van der Waals surface area contributed by atoms with Crippen molar-refractivity contribution in [3.63, 3.8) is 0 Å². The molecule has 0 spiro atoms. The first kappa shape index (κ1) is 16.0. The minimum atomic E-state index is -0.748. The highest BCUT2D eigenvalue weighted by molar-refractivity contribution is 5.93. The number of carbonyl (C=O) groups excluding carboxylic acids is 2. The minimum Gasteiger partial charge on any atom is -0.481 e. The monoisotopic (exact) mass is 326 g/mol. The number of hydrogen-bond donors (Lipinski definition) is 2. The maximum absolute atomic E-state index is 11.7. The Bertz CT molecular complexity index is 763. The molecule has 1 aliphatic heterocycles. The largest absolute Gasteiger partial charge is 0.481 e. The van der Waals surface area contributed by atoms with E-state index in [9.17, 15) is 9.59 Å². The molecular formula is C18H18N2O4. The molecule has 2 aromatic rings. The molecule has 0 fully saturated rings. The van der Waals surface area contributed by atoms with Gasteiger partial charge < -0.3 is 9.64 Å². The molecule has 2 amide bonds. The van der Waals surface area contributed by atoms with Gasteiger partial charge in [-0.2, -0.15) is 0 Å². The van der Waals surface area contributed by atoms with Gasteiger partial charge in [0.2, 0.25) is 6.41 Å². The quantitative estimate of drug-likeness (QED) is 0.514. The van der Waals surface area contributed by atoms with Crippen molar-refractivity contribution < 1.29 is 19.5 Å². The van der Waals surface area contributed by atoms with Crippen LogP contribution in [0.15, 0.2) is 48.5 Å². The fourth-order valence-corrected chi connectivity index (χ4v) is 2.94. The number of benzene rings is 2. The number of ether oxygens (including phenoxy) is 1. The van der Waals surface area contributed by atoms with E-state index < -0.39 is 11.5 Å². The fourth-order valence-electron chi connectivity index (χ4n) is 2.94. The minimum absolute atomic E-state index is 0.284. The van der Waals surface area contributed by atoms with Gasteiger partial charge in [-0.3, -0.25) is 14.8 Å². The smallest absolute Gasteiger partial charge is 0.274 e. The van der Waals surface area contributed by atoms with Crippen molar-refractivity contribution in [2.24, 2.45) is 0 Å². The number of amides is 2. The summed E-state index contributed by atoms with van der Waals surface area (Å²) in [6.07, 6.45) is 0.800. The number of fused-ring (bicyclic) bond motifs is 1. The highest BCUT2D eigenvalue weighted by Crippen LogP contribution is 2.35. The van der Waals surface area contributed by atoms with Crippen LogP contribution in [-0.2, 0) is 16.9 Å². The number of rotatable bonds is 3. The Kier molecular flexibility index (Phi) is 4.22. The second-order valence-electron chi connectivity index (χ2n) is 5.97. The SMILES string of the molecule is C[C@@]1(c2ccccc2)CN(C=O)Cc2ccc(C(=O)NO)cc2O1. The van der Waals surface area contributed by atoms with Crippen LogP contribution < -0.4 is 10.2 Å². The van der Waals surface area contributed by atoms with Gasteiger partial charge in [-0.25, -0.2) is 5.48 Å². The molecule has 0 aromatic heterocycles. The van der Waals surface area contributed by atoms with Crippen molar-refractivity contribution in [3.05, 3.63) is 65.2 Å². The third-order valence-electron chi connectivity index (χ3n) is 4.18. The van der Waals surface area contributed by atoms with Crippen molar-refractivity contribution in [3.8, 4) is 5.75 Å². The van der Waals surface area contributed by atoms with Gasteiger partial charge in [0, 0.05) is 17.7 Å². The van der Waals surface area contributed by atoms with Gasteiger partial charge in [0.25, 0.3) is 5.91 Å². The van der Waals surface area contributed by atoms with Crippen LogP contribution in [0.2, 0.25) is 0 Å². The van der Waals surface area contributed by atoms with Crippen molar-refractivity contribution in [1.82, 2.24) is 10.4 Å². The van der Waals surface area contributed by atoms with Crippen molar-refractivity contribution in [1.29, 1.82) is 0 Å². The number of nitrogens with one attached hydrogen (secondary N) is 1. The molecular weight excluding hydrogens is 308 g/mol. The number of hydrogen-bond acceptors (Lipinski definition) is 4. The summed E-state index contributed by atoms with van der Waals surface area (Å²) >= 11 is 0. The summed E-state index contributed by atoms with van der Waals surface area (Å²) in [5.41, 5.74) is 2.88. The average Bonchev–Trinajstić information content (AvgIpc) is 2.77. The van der Waals surface area contributed by atoms with Gasteiger partial charge in [0.1, 0.15) is 11.4 Å². The lowest BCUT2D eigenvalue weighted by molar-refractivity contribution is -0.120. The van der Waals surface area contributed by atoms with Gasteiger partial charge in [0.15, 0.2) is 0 Å². The molecule has 0 saturated carbocycles. The normalized spacial score (nSPS) is 19.7. The van der Waals surface area contributed by atoms with E-state index in [1.54, 1.807) is 28.6 Å². The first-order valence-corrected chi connectivity index (χ1v) is 7.57. The van der Waals surface area contributed by atoms with Crippen LogP contribution in [0.3, 0.4) is 0 Å². The number of carbonyl (C=O) groups is 2. The molecule has 1 atom stereocenters. The molecule has 124 valence electrons. The Balaban J connectivity index is 2.06. The zero-order valence-corrected chi connectivity index (χ0v) is 13.2. The van der Waals surface area contributed by atoms with Crippen LogP contribution in [0.5, 0.6) is 5.75 Å². The van der Waals surface area contributed by atoms with Gasteiger partial charge in [0.05, 0.1) is 6.54 Å². The Morgan fingerprint density at radius 2 is 2.04 bits per heavy atom. The second-order valence-corrected chi connectivity index (χ2v) is 5.97. The second kappa shape index (κ2) is 6.33. The maximum atomic E-state index is 11.7. The molecule has 2 aromatic carbocycles. The molecule has 3 rings (SSSR count). The summed E-state index contributed by atoms with van der Waals surface area (Å²) in [5, 5.41) is 8.81. The van der Waals surface area contributed by atoms with Crippen LogP contribution in [-0.4, -0.2) is 29.0 Å². The van der Waals surface area contributed by atoms with Gasteiger partial charge in [-0.05, 0) is 24.6 Å². The molecule has 1 aliphatic rings. The lowest BCUT2D eigenvalue weighted by Gasteiger charge is -2.32. The van der Waals surface area contributed by atoms with Crippen LogP contribution in [0.25, 0.3) is 0 Å². The topological polar surface area (TPSA) is 78.9 Å². The zero-order valence-electron chi connectivity index (χ0n) is 13.2. The van der Waals surface area contributed by atoms with Crippen LogP contribution in [0, 0.1) is 0 Å².